The number of halogens is 1. The van der Waals surface area contributed by atoms with Crippen molar-refractivity contribution >= 4 is 15.7 Å². The quantitative estimate of drug-likeness (QED) is 0.764. The highest BCUT2D eigenvalue weighted by atomic mass is 32.2. The van der Waals surface area contributed by atoms with Crippen molar-refractivity contribution in [2.24, 2.45) is 5.73 Å². The largest absolute Gasteiger partial charge is 0.326 e. The van der Waals surface area contributed by atoms with Gasteiger partial charge in [-0.05, 0) is 17.7 Å². The van der Waals surface area contributed by atoms with E-state index in [0.717, 1.165) is 12.3 Å². The zero-order valence-corrected chi connectivity index (χ0v) is 9.44. The van der Waals surface area contributed by atoms with E-state index in [1.807, 2.05) is 4.72 Å². The Balaban J connectivity index is 3.28. The van der Waals surface area contributed by atoms with Crippen molar-refractivity contribution in [3.8, 4) is 12.3 Å². The molecule has 86 valence electrons. The molecule has 4 nitrogen and oxygen atoms in total. The van der Waals surface area contributed by atoms with Crippen molar-refractivity contribution in [1.29, 1.82) is 0 Å². The molecule has 1 rings (SSSR count). The molecule has 1 aromatic rings. The summed E-state index contributed by atoms with van der Waals surface area (Å²) in [5.41, 5.74) is 6.03. The van der Waals surface area contributed by atoms with Crippen LogP contribution in [0, 0.1) is 18.2 Å². The minimum absolute atomic E-state index is 0.0929. The first kappa shape index (κ1) is 12.5. The van der Waals surface area contributed by atoms with Gasteiger partial charge in [0.15, 0.2) is 0 Å². The Morgan fingerprint density at radius 1 is 1.56 bits per heavy atom. The molecule has 0 bridgehead atoms. The first-order chi connectivity index (χ1) is 7.37. The van der Waals surface area contributed by atoms with E-state index in [1.165, 1.54) is 6.07 Å². The maximum absolute atomic E-state index is 13.4. The number of hydrogen-bond donors (Lipinski definition) is 2. The number of benzene rings is 1. The first-order valence-electron chi connectivity index (χ1n) is 4.34. The highest BCUT2D eigenvalue weighted by molar-refractivity contribution is 7.92. The summed E-state index contributed by atoms with van der Waals surface area (Å²) in [5.74, 6) is 1.61. The summed E-state index contributed by atoms with van der Waals surface area (Å²) in [7, 11) is -3.53. The van der Waals surface area contributed by atoms with Gasteiger partial charge in [-0.3, -0.25) is 4.72 Å². The maximum atomic E-state index is 13.4. The van der Waals surface area contributed by atoms with Crippen LogP contribution in [0.2, 0.25) is 0 Å². The molecule has 1 aromatic carbocycles. The number of nitrogens with one attached hydrogen (secondary N) is 1. The second kappa shape index (κ2) is 4.51. The Kier molecular flexibility index (Phi) is 3.52. The molecule has 0 heterocycles. The van der Waals surface area contributed by atoms with Gasteiger partial charge in [0, 0.05) is 12.1 Å². The van der Waals surface area contributed by atoms with Gasteiger partial charge in [0.2, 0.25) is 10.0 Å². The predicted molar refractivity (Wildman–Crippen MR) is 60.7 cm³/mol. The van der Waals surface area contributed by atoms with Gasteiger partial charge in [0.25, 0.3) is 0 Å². The topological polar surface area (TPSA) is 72.2 Å². The van der Waals surface area contributed by atoms with Crippen LogP contribution in [0.25, 0.3) is 0 Å². The second-order valence-corrected chi connectivity index (χ2v) is 4.96. The van der Waals surface area contributed by atoms with Crippen LogP contribution in [-0.4, -0.2) is 14.7 Å². The normalized spacial score (nSPS) is 10.9. The highest BCUT2D eigenvalue weighted by Gasteiger charge is 2.11. The molecule has 0 saturated heterocycles. The van der Waals surface area contributed by atoms with E-state index >= 15 is 0 Å². The van der Waals surface area contributed by atoms with Gasteiger partial charge in [-0.2, -0.15) is 0 Å². The van der Waals surface area contributed by atoms with E-state index in [4.69, 9.17) is 12.2 Å². The number of sulfonamides is 1. The molecule has 0 unspecified atom stereocenters. The van der Waals surface area contributed by atoms with Gasteiger partial charge < -0.3 is 5.73 Å². The zero-order valence-electron chi connectivity index (χ0n) is 8.62. The molecule has 0 aromatic heterocycles. The lowest BCUT2D eigenvalue weighted by atomic mass is 10.1. The molecule has 0 aliphatic rings. The fourth-order valence-electron chi connectivity index (χ4n) is 1.20. The third kappa shape index (κ3) is 2.95. The summed E-state index contributed by atoms with van der Waals surface area (Å²) >= 11 is 0. The van der Waals surface area contributed by atoms with Crippen LogP contribution in [-0.2, 0) is 16.6 Å². The fourth-order valence-corrected chi connectivity index (χ4v) is 1.75. The molecule has 0 spiro atoms. The van der Waals surface area contributed by atoms with Crippen LogP contribution in [0.1, 0.15) is 11.1 Å². The van der Waals surface area contributed by atoms with Crippen molar-refractivity contribution in [3.05, 3.63) is 29.1 Å². The summed E-state index contributed by atoms with van der Waals surface area (Å²) in [4.78, 5) is 0. The lowest BCUT2D eigenvalue weighted by molar-refractivity contribution is 0.603. The van der Waals surface area contributed by atoms with Crippen molar-refractivity contribution in [3.63, 3.8) is 0 Å². The summed E-state index contributed by atoms with van der Waals surface area (Å²) in [6.45, 7) is 0.0929. The summed E-state index contributed by atoms with van der Waals surface area (Å²) in [6.07, 6.45) is 6.13. The Hall–Kier alpha value is -1.58. The molecule has 0 fully saturated rings. The van der Waals surface area contributed by atoms with Gasteiger partial charge in [-0.15, -0.1) is 6.42 Å². The van der Waals surface area contributed by atoms with E-state index < -0.39 is 15.8 Å². The first-order valence-corrected chi connectivity index (χ1v) is 6.23. The Bertz CT molecular complexity index is 547. The van der Waals surface area contributed by atoms with Gasteiger partial charge in [0.1, 0.15) is 5.82 Å². The smallest absolute Gasteiger partial charge is 0.229 e. The van der Waals surface area contributed by atoms with Crippen molar-refractivity contribution in [1.82, 2.24) is 0 Å². The number of hydrogen-bond acceptors (Lipinski definition) is 3. The molecule has 3 N–H and O–H groups in total. The lowest BCUT2D eigenvalue weighted by Crippen LogP contribution is -2.12. The number of rotatable bonds is 3. The molecule has 0 aliphatic heterocycles. The van der Waals surface area contributed by atoms with Crippen LogP contribution < -0.4 is 10.5 Å². The van der Waals surface area contributed by atoms with Crippen molar-refractivity contribution in [2.75, 3.05) is 11.0 Å². The predicted octanol–water partition coefficient (Wildman–Crippen LogP) is 0.637. The monoisotopic (exact) mass is 242 g/mol. The highest BCUT2D eigenvalue weighted by Crippen LogP contribution is 2.20. The Morgan fingerprint density at radius 3 is 2.62 bits per heavy atom. The Morgan fingerprint density at radius 2 is 2.19 bits per heavy atom. The minimum Gasteiger partial charge on any atom is -0.326 e. The molecule has 6 heteroatoms. The number of terminal acetylenes is 1. The molecule has 16 heavy (non-hydrogen) atoms. The standard InChI is InChI=1S/C10H11FN2O2S/c1-3-7-5-10(13-16(2,14)15)9(11)4-8(7)6-12/h1,4-5,13H,6,12H2,2H3. The van der Waals surface area contributed by atoms with E-state index in [0.29, 0.717) is 11.1 Å². The van der Waals surface area contributed by atoms with Crippen molar-refractivity contribution < 1.29 is 12.8 Å². The molecule has 0 radical (unpaired) electrons. The van der Waals surface area contributed by atoms with E-state index in [9.17, 15) is 12.8 Å². The maximum Gasteiger partial charge on any atom is 0.229 e. The van der Waals surface area contributed by atoms with E-state index in [1.54, 1.807) is 0 Å². The van der Waals surface area contributed by atoms with E-state index in [2.05, 4.69) is 5.92 Å². The molecule has 0 saturated carbocycles. The SMILES string of the molecule is C#Cc1cc(NS(C)(=O)=O)c(F)cc1CN. The van der Waals surface area contributed by atoms with Crippen LogP contribution in [0.4, 0.5) is 10.1 Å². The number of nitrogens with two attached hydrogens (primary N) is 1. The van der Waals surface area contributed by atoms with Crippen LogP contribution in [0.15, 0.2) is 12.1 Å². The average molecular weight is 242 g/mol. The molecule has 0 aliphatic carbocycles. The van der Waals surface area contributed by atoms with Gasteiger partial charge >= 0.3 is 0 Å². The summed E-state index contributed by atoms with van der Waals surface area (Å²) < 4.78 is 37.4. The van der Waals surface area contributed by atoms with Crippen LogP contribution in [0.5, 0.6) is 0 Å². The average Bonchev–Trinajstić information content (AvgIpc) is 2.18. The summed E-state index contributed by atoms with van der Waals surface area (Å²) in [5, 5.41) is 0. The van der Waals surface area contributed by atoms with Gasteiger partial charge in [-0.25, -0.2) is 12.8 Å². The van der Waals surface area contributed by atoms with Crippen LogP contribution in [0.3, 0.4) is 0 Å². The third-order valence-electron chi connectivity index (χ3n) is 1.86. The molecule has 0 amide bonds. The molecular weight excluding hydrogens is 231 g/mol. The third-order valence-corrected chi connectivity index (χ3v) is 2.45. The van der Waals surface area contributed by atoms with Gasteiger partial charge in [0.05, 0.1) is 11.9 Å². The Labute approximate surface area is 93.7 Å². The van der Waals surface area contributed by atoms with Crippen molar-refractivity contribution in [2.45, 2.75) is 6.54 Å². The fraction of sp³-hybridized carbons (Fsp3) is 0.200. The number of anilines is 1. The van der Waals surface area contributed by atoms with Gasteiger partial charge in [-0.1, -0.05) is 5.92 Å². The minimum atomic E-state index is -3.53. The molecule has 0 atom stereocenters. The van der Waals surface area contributed by atoms with E-state index in [-0.39, 0.29) is 12.2 Å². The second-order valence-electron chi connectivity index (χ2n) is 3.21. The molecular formula is C10H11FN2O2S. The summed E-state index contributed by atoms with van der Waals surface area (Å²) in [6, 6.07) is 2.38. The lowest BCUT2D eigenvalue weighted by Gasteiger charge is -2.08. The van der Waals surface area contributed by atoms with Crippen LogP contribution >= 0.6 is 0 Å². The zero-order chi connectivity index (χ0) is 12.3.